The maximum Gasteiger partial charge on any atom is 0.243 e. The minimum atomic E-state index is -0.454. The van der Waals surface area contributed by atoms with Crippen LogP contribution in [0.5, 0.6) is 0 Å². The Morgan fingerprint density at radius 1 is 1.75 bits per heavy atom. The molecule has 0 aliphatic carbocycles. The van der Waals surface area contributed by atoms with Gasteiger partial charge in [-0.1, -0.05) is 0 Å². The molecule has 0 aliphatic rings. The average molecular weight is 167 g/mol. The van der Waals surface area contributed by atoms with Crippen molar-refractivity contribution in [2.75, 3.05) is 11.9 Å². The van der Waals surface area contributed by atoms with Crippen molar-refractivity contribution < 1.29 is 4.79 Å². The molecule has 0 fully saturated rings. The standard InChI is InChI=1S/C8H13N3O/c1-6(9)8(12)11(2)7-3-4-10-5-7/h3-6,10H,9H2,1-2H3. The van der Waals surface area contributed by atoms with E-state index in [2.05, 4.69) is 4.98 Å². The molecule has 4 heteroatoms. The van der Waals surface area contributed by atoms with Crippen LogP contribution in [0.4, 0.5) is 5.69 Å². The second kappa shape index (κ2) is 3.40. The van der Waals surface area contributed by atoms with E-state index >= 15 is 0 Å². The Bertz CT molecular complexity index is 253. The van der Waals surface area contributed by atoms with Gasteiger partial charge >= 0.3 is 0 Å². The molecule has 0 saturated carbocycles. The lowest BCUT2D eigenvalue weighted by Crippen LogP contribution is -2.39. The number of anilines is 1. The summed E-state index contributed by atoms with van der Waals surface area (Å²) in [5, 5.41) is 0. The minimum absolute atomic E-state index is 0.0883. The van der Waals surface area contributed by atoms with Gasteiger partial charge < -0.3 is 15.6 Å². The van der Waals surface area contributed by atoms with Gasteiger partial charge in [-0.05, 0) is 13.0 Å². The molecule has 1 aromatic rings. The second-order valence-electron chi connectivity index (χ2n) is 2.76. The van der Waals surface area contributed by atoms with Crippen LogP contribution in [0.3, 0.4) is 0 Å². The molecule has 1 atom stereocenters. The second-order valence-corrected chi connectivity index (χ2v) is 2.76. The quantitative estimate of drug-likeness (QED) is 0.666. The van der Waals surface area contributed by atoms with Gasteiger partial charge in [-0.25, -0.2) is 0 Å². The molecule has 0 aromatic carbocycles. The van der Waals surface area contributed by atoms with Crippen LogP contribution >= 0.6 is 0 Å². The van der Waals surface area contributed by atoms with Crippen LogP contribution in [-0.4, -0.2) is 24.0 Å². The maximum atomic E-state index is 11.3. The zero-order valence-corrected chi connectivity index (χ0v) is 7.24. The maximum absolute atomic E-state index is 11.3. The Hall–Kier alpha value is -1.29. The van der Waals surface area contributed by atoms with E-state index in [-0.39, 0.29) is 5.91 Å². The number of carbonyl (C=O) groups is 1. The Morgan fingerprint density at radius 3 is 2.83 bits per heavy atom. The van der Waals surface area contributed by atoms with Gasteiger partial charge in [0.05, 0.1) is 11.7 Å². The first-order valence-electron chi connectivity index (χ1n) is 3.79. The first kappa shape index (κ1) is 8.80. The van der Waals surface area contributed by atoms with Crippen LogP contribution < -0.4 is 10.6 Å². The summed E-state index contributed by atoms with van der Waals surface area (Å²) in [5.41, 5.74) is 6.27. The number of likely N-dealkylation sites (N-methyl/N-ethyl adjacent to an activating group) is 1. The van der Waals surface area contributed by atoms with Gasteiger partial charge in [0, 0.05) is 19.4 Å². The fraction of sp³-hybridized carbons (Fsp3) is 0.375. The van der Waals surface area contributed by atoms with E-state index < -0.39 is 6.04 Å². The Balaban J connectivity index is 2.72. The zero-order valence-electron chi connectivity index (χ0n) is 7.24. The van der Waals surface area contributed by atoms with E-state index in [4.69, 9.17) is 5.73 Å². The number of nitrogens with zero attached hydrogens (tertiary/aromatic N) is 1. The van der Waals surface area contributed by atoms with Crippen molar-refractivity contribution in [3.05, 3.63) is 18.5 Å². The Kier molecular flexibility index (Phi) is 2.50. The number of hydrogen-bond acceptors (Lipinski definition) is 2. The highest BCUT2D eigenvalue weighted by molar-refractivity contribution is 5.96. The SMILES string of the molecule is CC(N)C(=O)N(C)c1cc[nH]c1. The lowest BCUT2D eigenvalue weighted by atomic mass is 10.3. The van der Waals surface area contributed by atoms with Crippen LogP contribution in [-0.2, 0) is 4.79 Å². The predicted octanol–water partition coefficient (Wildman–Crippen LogP) is 0.325. The minimum Gasteiger partial charge on any atom is -0.366 e. The molecule has 1 heterocycles. The molecule has 0 spiro atoms. The molecular weight excluding hydrogens is 154 g/mol. The van der Waals surface area contributed by atoms with Crippen molar-refractivity contribution >= 4 is 11.6 Å². The number of aromatic nitrogens is 1. The fourth-order valence-corrected chi connectivity index (χ4v) is 0.956. The van der Waals surface area contributed by atoms with E-state index in [0.717, 1.165) is 5.69 Å². The average Bonchev–Trinajstić information content (AvgIpc) is 2.53. The summed E-state index contributed by atoms with van der Waals surface area (Å²) in [6.07, 6.45) is 3.51. The van der Waals surface area contributed by atoms with Gasteiger partial charge in [-0.3, -0.25) is 4.79 Å². The summed E-state index contributed by atoms with van der Waals surface area (Å²) in [6.45, 7) is 1.67. The lowest BCUT2D eigenvalue weighted by Gasteiger charge is -2.17. The van der Waals surface area contributed by atoms with Crippen molar-refractivity contribution in [1.29, 1.82) is 0 Å². The van der Waals surface area contributed by atoms with Crippen LogP contribution in [0, 0.1) is 0 Å². The third kappa shape index (κ3) is 1.65. The summed E-state index contributed by atoms with van der Waals surface area (Å²) >= 11 is 0. The first-order valence-corrected chi connectivity index (χ1v) is 3.79. The molecule has 0 aliphatic heterocycles. The fourth-order valence-electron chi connectivity index (χ4n) is 0.956. The topological polar surface area (TPSA) is 62.1 Å². The lowest BCUT2D eigenvalue weighted by molar-refractivity contribution is -0.119. The molecule has 66 valence electrons. The summed E-state index contributed by atoms with van der Waals surface area (Å²) in [6, 6.07) is 1.37. The number of hydrogen-bond donors (Lipinski definition) is 2. The van der Waals surface area contributed by atoms with Gasteiger partial charge in [-0.15, -0.1) is 0 Å². The highest BCUT2D eigenvalue weighted by Crippen LogP contribution is 2.10. The molecule has 4 nitrogen and oxygen atoms in total. The number of aromatic amines is 1. The molecule has 1 rings (SSSR count). The number of rotatable bonds is 2. The highest BCUT2D eigenvalue weighted by atomic mass is 16.2. The molecule has 0 saturated heterocycles. The van der Waals surface area contributed by atoms with Crippen LogP contribution in [0.1, 0.15) is 6.92 Å². The monoisotopic (exact) mass is 167 g/mol. The van der Waals surface area contributed by atoms with Crippen LogP contribution in [0.25, 0.3) is 0 Å². The molecule has 1 aromatic heterocycles. The van der Waals surface area contributed by atoms with Crippen LogP contribution in [0.2, 0.25) is 0 Å². The largest absolute Gasteiger partial charge is 0.366 e. The molecule has 3 N–H and O–H groups in total. The number of nitrogens with one attached hydrogen (secondary N) is 1. The van der Waals surface area contributed by atoms with Crippen molar-refractivity contribution in [3.8, 4) is 0 Å². The number of nitrogens with two attached hydrogens (primary N) is 1. The van der Waals surface area contributed by atoms with Gasteiger partial charge in [-0.2, -0.15) is 0 Å². The molecule has 12 heavy (non-hydrogen) atoms. The molecule has 1 unspecified atom stereocenters. The van der Waals surface area contributed by atoms with E-state index in [0.29, 0.717) is 0 Å². The number of carbonyl (C=O) groups excluding carboxylic acids is 1. The Morgan fingerprint density at radius 2 is 2.42 bits per heavy atom. The summed E-state index contributed by atoms with van der Waals surface area (Å²) in [7, 11) is 1.70. The third-order valence-corrected chi connectivity index (χ3v) is 1.69. The number of H-pyrrole nitrogens is 1. The van der Waals surface area contributed by atoms with Crippen molar-refractivity contribution in [1.82, 2.24) is 4.98 Å². The van der Waals surface area contributed by atoms with Gasteiger partial charge in [0.1, 0.15) is 0 Å². The summed E-state index contributed by atoms with van der Waals surface area (Å²) in [5.74, 6) is -0.0883. The van der Waals surface area contributed by atoms with Crippen molar-refractivity contribution in [2.24, 2.45) is 5.73 Å². The molecule has 0 bridgehead atoms. The Labute approximate surface area is 71.4 Å². The summed E-state index contributed by atoms with van der Waals surface area (Å²) in [4.78, 5) is 15.7. The van der Waals surface area contributed by atoms with Gasteiger partial charge in [0.25, 0.3) is 0 Å². The van der Waals surface area contributed by atoms with E-state index in [9.17, 15) is 4.79 Å². The normalized spacial score (nSPS) is 12.6. The molecular formula is C8H13N3O. The first-order chi connectivity index (χ1) is 5.63. The summed E-state index contributed by atoms with van der Waals surface area (Å²) < 4.78 is 0. The molecule has 1 amide bonds. The molecule has 0 radical (unpaired) electrons. The van der Waals surface area contributed by atoms with E-state index in [1.807, 2.05) is 6.07 Å². The number of amides is 1. The zero-order chi connectivity index (χ0) is 9.14. The van der Waals surface area contributed by atoms with Gasteiger partial charge in [0.2, 0.25) is 5.91 Å². The van der Waals surface area contributed by atoms with Gasteiger partial charge in [0.15, 0.2) is 0 Å². The van der Waals surface area contributed by atoms with Crippen molar-refractivity contribution in [3.63, 3.8) is 0 Å². The predicted molar refractivity (Wildman–Crippen MR) is 47.9 cm³/mol. The third-order valence-electron chi connectivity index (χ3n) is 1.69. The van der Waals surface area contributed by atoms with Crippen LogP contribution in [0.15, 0.2) is 18.5 Å². The van der Waals surface area contributed by atoms with Crippen molar-refractivity contribution in [2.45, 2.75) is 13.0 Å². The van der Waals surface area contributed by atoms with E-state index in [1.165, 1.54) is 4.90 Å². The van der Waals surface area contributed by atoms with E-state index in [1.54, 1.807) is 26.4 Å². The smallest absolute Gasteiger partial charge is 0.243 e. The highest BCUT2D eigenvalue weighted by Gasteiger charge is 2.14.